The molecule has 1 aromatic carbocycles. The first-order valence-corrected chi connectivity index (χ1v) is 12.9. The van der Waals surface area contributed by atoms with Crippen LogP contribution in [0.4, 0.5) is 0 Å². The number of esters is 2. The van der Waals surface area contributed by atoms with Gasteiger partial charge in [0.25, 0.3) is 0 Å². The summed E-state index contributed by atoms with van der Waals surface area (Å²) in [6.07, 6.45) is 13.2. The van der Waals surface area contributed by atoms with Crippen LogP contribution in [0.2, 0.25) is 0 Å². The van der Waals surface area contributed by atoms with Crippen molar-refractivity contribution >= 4 is 11.9 Å². The highest BCUT2D eigenvalue weighted by Gasteiger charge is 2.18. The Balaban J connectivity index is 1.33. The number of hydrogen-bond donors (Lipinski definition) is 0. The number of ether oxygens (including phenoxy) is 4. The number of rotatable bonds is 12. The third-order valence-corrected chi connectivity index (χ3v) is 6.37. The van der Waals surface area contributed by atoms with Crippen LogP contribution in [0.3, 0.4) is 0 Å². The second-order valence-corrected chi connectivity index (χ2v) is 9.35. The predicted octanol–water partition coefficient (Wildman–Crippen LogP) is 6.06. The van der Waals surface area contributed by atoms with E-state index in [0.717, 1.165) is 56.9 Å². The Hall–Kier alpha value is -2.24. The maximum Gasteiger partial charge on any atom is 0.306 e. The quantitative estimate of drug-likeness (QED) is 0.279. The topological polar surface area (TPSA) is 71.1 Å². The molecule has 0 radical (unpaired) electrons. The molecule has 0 unspecified atom stereocenters. The molecule has 0 aliphatic heterocycles. The van der Waals surface area contributed by atoms with Crippen molar-refractivity contribution in [3.63, 3.8) is 0 Å². The molecule has 2 fully saturated rings. The molecule has 33 heavy (non-hydrogen) atoms. The fourth-order valence-electron chi connectivity index (χ4n) is 4.50. The maximum absolute atomic E-state index is 12.1. The lowest BCUT2D eigenvalue weighted by Gasteiger charge is -2.22. The lowest BCUT2D eigenvalue weighted by atomic mass is 9.98. The highest BCUT2D eigenvalue weighted by Crippen LogP contribution is 2.29. The van der Waals surface area contributed by atoms with Gasteiger partial charge in [-0.1, -0.05) is 18.9 Å². The molecule has 1 aromatic rings. The highest BCUT2D eigenvalue weighted by atomic mass is 16.5. The molecular weight excluding hydrogens is 420 g/mol. The molecule has 0 spiro atoms. The molecule has 0 bridgehead atoms. The summed E-state index contributed by atoms with van der Waals surface area (Å²) in [4.78, 5) is 24.1. The van der Waals surface area contributed by atoms with Gasteiger partial charge in [-0.05, 0) is 88.8 Å². The van der Waals surface area contributed by atoms with Gasteiger partial charge in [-0.15, -0.1) is 0 Å². The van der Waals surface area contributed by atoms with Gasteiger partial charge in [-0.2, -0.15) is 0 Å². The lowest BCUT2D eigenvalue weighted by Crippen LogP contribution is -2.21. The first kappa shape index (κ1) is 25.4. The van der Waals surface area contributed by atoms with Crippen LogP contribution in [0.25, 0.3) is 0 Å². The number of hydrogen-bond acceptors (Lipinski definition) is 6. The Labute approximate surface area is 198 Å². The monoisotopic (exact) mass is 460 g/mol. The number of carbonyl (C=O) groups excluding carboxylic acids is 2. The third kappa shape index (κ3) is 9.65. The largest absolute Gasteiger partial charge is 0.490 e. The Bertz CT molecular complexity index is 734. The summed E-state index contributed by atoms with van der Waals surface area (Å²) in [5, 5.41) is 0. The zero-order valence-corrected chi connectivity index (χ0v) is 20.1. The van der Waals surface area contributed by atoms with E-state index in [1.165, 1.54) is 12.8 Å². The minimum Gasteiger partial charge on any atom is -0.490 e. The van der Waals surface area contributed by atoms with Crippen LogP contribution >= 0.6 is 0 Å². The number of benzene rings is 1. The Morgan fingerprint density at radius 3 is 1.73 bits per heavy atom. The second-order valence-electron chi connectivity index (χ2n) is 9.35. The molecule has 3 rings (SSSR count). The van der Waals surface area contributed by atoms with Gasteiger partial charge in [0.15, 0.2) is 11.5 Å². The van der Waals surface area contributed by atoms with E-state index >= 15 is 0 Å². The first-order chi connectivity index (χ1) is 16.1. The zero-order chi connectivity index (χ0) is 23.3. The van der Waals surface area contributed by atoms with E-state index in [1.807, 2.05) is 25.1 Å². The first-order valence-electron chi connectivity index (χ1n) is 12.9. The molecular formula is C27H40O6. The van der Waals surface area contributed by atoms with Crippen LogP contribution in [0.5, 0.6) is 11.5 Å². The van der Waals surface area contributed by atoms with Crippen molar-refractivity contribution in [3.8, 4) is 11.5 Å². The van der Waals surface area contributed by atoms with E-state index in [-0.39, 0.29) is 24.1 Å². The molecule has 0 amide bonds. The van der Waals surface area contributed by atoms with E-state index in [2.05, 4.69) is 0 Å². The molecule has 0 heterocycles. The summed E-state index contributed by atoms with van der Waals surface area (Å²) in [5.41, 5.74) is 1.07. The summed E-state index contributed by atoms with van der Waals surface area (Å²) >= 11 is 0. The lowest BCUT2D eigenvalue weighted by molar-refractivity contribution is -0.151. The summed E-state index contributed by atoms with van der Waals surface area (Å²) < 4.78 is 22.9. The van der Waals surface area contributed by atoms with Crippen LogP contribution in [0.1, 0.15) is 95.5 Å². The van der Waals surface area contributed by atoms with E-state index in [1.54, 1.807) is 0 Å². The van der Waals surface area contributed by atoms with Crippen molar-refractivity contribution in [2.75, 3.05) is 13.2 Å². The highest BCUT2D eigenvalue weighted by molar-refractivity contribution is 5.69. The van der Waals surface area contributed by atoms with Crippen molar-refractivity contribution in [3.05, 3.63) is 23.8 Å². The van der Waals surface area contributed by atoms with Gasteiger partial charge >= 0.3 is 11.9 Å². The van der Waals surface area contributed by atoms with Crippen LogP contribution in [-0.4, -0.2) is 37.4 Å². The molecule has 2 aliphatic rings. The van der Waals surface area contributed by atoms with Gasteiger partial charge in [0, 0.05) is 12.8 Å². The molecule has 2 aliphatic carbocycles. The Kier molecular flexibility index (Phi) is 10.9. The average molecular weight is 461 g/mol. The molecule has 0 saturated heterocycles. The summed E-state index contributed by atoms with van der Waals surface area (Å²) in [6, 6.07) is 5.80. The number of carbonyl (C=O) groups is 2. The predicted molar refractivity (Wildman–Crippen MR) is 127 cm³/mol. The maximum atomic E-state index is 12.1. The SMILES string of the molecule is Cc1ccc(OCCCC(=O)OC2CCCCC2)c(OCCCC(=O)OC2CCCCC2)c1. The summed E-state index contributed by atoms with van der Waals surface area (Å²) in [5.74, 6) is 1.06. The van der Waals surface area contributed by atoms with Gasteiger partial charge in [0.2, 0.25) is 0 Å². The van der Waals surface area contributed by atoms with Gasteiger partial charge in [0.1, 0.15) is 12.2 Å². The van der Waals surface area contributed by atoms with Crippen LogP contribution in [-0.2, 0) is 19.1 Å². The van der Waals surface area contributed by atoms with Crippen molar-refractivity contribution in [1.82, 2.24) is 0 Å². The fraction of sp³-hybridized carbons (Fsp3) is 0.704. The van der Waals surface area contributed by atoms with Gasteiger partial charge < -0.3 is 18.9 Å². The molecule has 0 atom stereocenters. The van der Waals surface area contributed by atoms with Gasteiger partial charge in [-0.3, -0.25) is 9.59 Å². The normalized spacial score (nSPS) is 17.4. The Morgan fingerprint density at radius 2 is 1.21 bits per heavy atom. The molecule has 6 heteroatoms. The minimum absolute atomic E-state index is 0.101. The third-order valence-electron chi connectivity index (χ3n) is 6.37. The van der Waals surface area contributed by atoms with Crippen molar-refractivity contribution in [2.24, 2.45) is 0 Å². The number of aryl methyl sites for hydroxylation is 1. The van der Waals surface area contributed by atoms with Crippen molar-refractivity contribution in [2.45, 2.75) is 109 Å². The summed E-state index contributed by atoms with van der Waals surface area (Å²) in [6.45, 7) is 2.85. The summed E-state index contributed by atoms with van der Waals surface area (Å²) in [7, 11) is 0. The average Bonchev–Trinajstić information content (AvgIpc) is 2.82. The van der Waals surface area contributed by atoms with Crippen LogP contribution in [0.15, 0.2) is 18.2 Å². The smallest absolute Gasteiger partial charge is 0.306 e. The molecule has 6 nitrogen and oxygen atoms in total. The molecule has 0 aromatic heterocycles. The van der Waals surface area contributed by atoms with Crippen LogP contribution < -0.4 is 9.47 Å². The van der Waals surface area contributed by atoms with Gasteiger partial charge in [0.05, 0.1) is 13.2 Å². The Morgan fingerprint density at radius 1 is 0.727 bits per heavy atom. The molecule has 0 N–H and O–H groups in total. The van der Waals surface area contributed by atoms with Crippen LogP contribution in [0, 0.1) is 6.92 Å². The van der Waals surface area contributed by atoms with E-state index in [0.29, 0.717) is 50.4 Å². The molecule has 184 valence electrons. The molecule has 2 saturated carbocycles. The van der Waals surface area contributed by atoms with E-state index in [9.17, 15) is 9.59 Å². The standard InChI is InChI=1S/C27H40O6/c1-21-16-17-24(30-18-8-14-26(28)32-22-10-4-2-5-11-22)25(20-21)31-19-9-15-27(29)33-23-12-6-3-7-13-23/h16-17,20,22-23H,2-15,18-19H2,1H3. The van der Waals surface area contributed by atoms with E-state index in [4.69, 9.17) is 18.9 Å². The van der Waals surface area contributed by atoms with E-state index < -0.39 is 0 Å². The fourth-order valence-corrected chi connectivity index (χ4v) is 4.50. The zero-order valence-electron chi connectivity index (χ0n) is 20.1. The van der Waals surface area contributed by atoms with Crippen molar-refractivity contribution in [1.29, 1.82) is 0 Å². The van der Waals surface area contributed by atoms with Gasteiger partial charge in [-0.25, -0.2) is 0 Å². The minimum atomic E-state index is -0.133. The van der Waals surface area contributed by atoms with Crippen molar-refractivity contribution < 1.29 is 28.5 Å². The second kappa shape index (κ2) is 14.1.